The Morgan fingerprint density at radius 1 is 1.80 bits per heavy atom. The van der Waals surface area contributed by atoms with Crippen LogP contribution >= 0.6 is 0 Å². The molecule has 1 aliphatic heterocycles. The minimum Gasteiger partial charge on any atom is -0.454 e. The Bertz CT molecular complexity index is 193. The Morgan fingerprint density at radius 2 is 2.50 bits per heavy atom. The third kappa shape index (κ3) is 1.69. The summed E-state index contributed by atoms with van der Waals surface area (Å²) < 4.78 is 4.70. The molecule has 1 rings (SSSR count). The van der Waals surface area contributed by atoms with Crippen LogP contribution in [0.5, 0.6) is 0 Å². The van der Waals surface area contributed by atoms with Gasteiger partial charge in [-0.15, -0.1) is 0 Å². The average Bonchev–Trinajstić information content (AvgIpc) is 2.13. The van der Waals surface area contributed by atoms with Crippen molar-refractivity contribution in [2.75, 3.05) is 0 Å². The van der Waals surface area contributed by atoms with Crippen LogP contribution < -0.4 is 0 Å². The second-order valence-electron chi connectivity index (χ2n) is 2.24. The number of cyclic esters (lactones) is 1. The highest BCUT2D eigenvalue weighted by molar-refractivity contribution is 5.85. The number of esters is 1. The molecule has 0 aliphatic carbocycles. The zero-order valence-corrected chi connectivity index (χ0v) is 5.66. The minimum absolute atomic E-state index is 0.0318. The normalized spacial score (nSPS) is 22.9. The van der Waals surface area contributed by atoms with E-state index in [0.717, 1.165) is 0 Å². The van der Waals surface area contributed by atoms with E-state index in [1.807, 2.05) is 0 Å². The van der Waals surface area contributed by atoms with Gasteiger partial charge in [0.1, 0.15) is 11.9 Å². The number of rotatable bonds is 2. The summed E-state index contributed by atoms with van der Waals surface area (Å²) in [5.74, 6) is -0.324. The van der Waals surface area contributed by atoms with E-state index in [0.29, 0.717) is 6.42 Å². The molecule has 3 heteroatoms. The van der Waals surface area contributed by atoms with Gasteiger partial charge in [-0.3, -0.25) is 4.79 Å². The van der Waals surface area contributed by atoms with Crippen LogP contribution in [0.15, 0.2) is 12.2 Å². The van der Waals surface area contributed by atoms with Crippen molar-refractivity contribution in [2.24, 2.45) is 0 Å². The largest absolute Gasteiger partial charge is 0.454 e. The maximum Gasteiger partial charge on any atom is 0.331 e. The quantitative estimate of drug-likeness (QED) is 0.523. The lowest BCUT2D eigenvalue weighted by Gasteiger charge is -2.03. The van der Waals surface area contributed by atoms with Crippen molar-refractivity contribution in [1.29, 1.82) is 0 Å². The van der Waals surface area contributed by atoms with Gasteiger partial charge in [-0.1, -0.05) is 0 Å². The highest BCUT2D eigenvalue weighted by Crippen LogP contribution is 2.08. The van der Waals surface area contributed by atoms with Gasteiger partial charge in [-0.2, -0.15) is 0 Å². The summed E-state index contributed by atoms with van der Waals surface area (Å²) >= 11 is 0. The molecule has 0 bridgehead atoms. The molecular weight excluding hydrogens is 132 g/mol. The molecule has 0 radical (unpaired) electrons. The number of carbonyl (C=O) groups is 2. The van der Waals surface area contributed by atoms with E-state index in [1.54, 1.807) is 6.08 Å². The van der Waals surface area contributed by atoms with Gasteiger partial charge in [0.25, 0.3) is 0 Å². The predicted octanol–water partition coefficient (Wildman–Crippen LogP) is 0.447. The summed E-state index contributed by atoms with van der Waals surface area (Å²) in [6.45, 7) is 1.47. The molecule has 0 saturated heterocycles. The predicted molar refractivity (Wildman–Crippen MR) is 34.3 cm³/mol. The molecule has 3 nitrogen and oxygen atoms in total. The lowest BCUT2D eigenvalue weighted by Crippen LogP contribution is -2.11. The SMILES string of the molecule is CC(=O)CC1C=CC(=O)O1. The third-order valence-corrected chi connectivity index (χ3v) is 1.20. The van der Waals surface area contributed by atoms with Gasteiger partial charge < -0.3 is 4.74 Å². The molecule has 1 heterocycles. The van der Waals surface area contributed by atoms with Gasteiger partial charge >= 0.3 is 5.97 Å². The van der Waals surface area contributed by atoms with E-state index >= 15 is 0 Å². The lowest BCUT2D eigenvalue weighted by molar-refractivity contribution is -0.139. The van der Waals surface area contributed by atoms with E-state index in [-0.39, 0.29) is 17.9 Å². The Morgan fingerprint density at radius 3 is 2.90 bits per heavy atom. The monoisotopic (exact) mass is 140 g/mol. The molecule has 1 atom stereocenters. The summed E-state index contributed by atoms with van der Waals surface area (Å²) in [6, 6.07) is 0. The first kappa shape index (κ1) is 6.99. The van der Waals surface area contributed by atoms with E-state index in [1.165, 1.54) is 13.0 Å². The fourth-order valence-corrected chi connectivity index (χ4v) is 0.807. The average molecular weight is 140 g/mol. The molecule has 0 amide bonds. The first-order valence-corrected chi connectivity index (χ1v) is 3.07. The zero-order valence-electron chi connectivity index (χ0n) is 5.66. The van der Waals surface area contributed by atoms with Gasteiger partial charge in [0.15, 0.2) is 0 Å². The summed E-state index contributed by atoms with van der Waals surface area (Å²) in [5.41, 5.74) is 0. The van der Waals surface area contributed by atoms with Crippen LogP contribution in [0.1, 0.15) is 13.3 Å². The lowest BCUT2D eigenvalue weighted by atomic mass is 10.2. The molecule has 10 heavy (non-hydrogen) atoms. The van der Waals surface area contributed by atoms with Gasteiger partial charge in [0.2, 0.25) is 0 Å². The van der Waals surface area contributed by atoms with Crippen LogP contribution in [0, 0.1) is 0 Å². The van der Waals surface area contributed by atoms with Crippen LogP contribution in [0.3, 0.4) is 0 Å². The van der Waals surface area contributed by atoms with Crippen molar-refractivity contribution in [3.63, 3.8) is 0 Å². The topological polar surface area (TPSA) is 43.4 Å². The summed E-state index contributed by atoms with van der Waals surface area (Å²) in [7, 11) is 0. The maximum absolute atomic E-state index is 10.5. The van der Waals surface area contributed by atoms with Gasteiger partial charge in [0, 0.05) is 12.5 Å². The van der Waals surface area contributed by atoms with Crippen molar-refractivity contribution in [2.45, 2.75) is 19.4 Å². The number of hydrogen-bond donors (Lipinski definition) is 0. The summed E-state index contributed by atoms with van der Waals surface area (Å²) in [6.07, 6.45) is 2.92. The molecule has 0 aromatic heterocycles. The van der Waals surface area contributed by atoms with Crippen molar-refractivity contribution in [3.05, 3.63) is 12.2 Å². The third-order valence-electron chi connectivity index (χ3n) is 1.20. The highest BCUT2D eigenvalue weighted by atomic mass is 16.5. The first-order chi connectivity index (χ1) is 4.68. The van der Waals surface area contributed by atoms with E-state index < -0.39 is 0 Å². The molecule has 0 aromatic rings. The molecule has 0 aromatic carbocycles. The fourth-order valence-electron chi connectivity index (χ4n) is 0.807. The smallest absolute Gasteiger partial charge is 0.331 e. The van der Waals surface area contributed by atoms with Crippen LogP contribution in [-0.4, -0.2) is 17.9 Å². The number of ether oxygens (including phenoxy) is 1. The molecule has 0 spiro atoms. The molecule has 1 unspecified atom stereocenters. The second-order valence-corrected chi connectivity index (χ2v) is 2.24. The van der Waals surface area contributed by atoms with Crippen molar-refractivity contribution < 1.29 is 14.3 Å². The molecular formula is C7H8O3. The Hall–Kier alpha value is -1.12. The molecule has 0 saturated carbocycles. The number of ketones is 1. The number of hydrogen-bond acceptors (Lipinski definition) is 3. The van der Waals surface area contributed by atoms with Crippen LogP contribution in [0.4, 0.5) is 0 Å². The Kier molecular flexibility index (Phi) is 1.85. The zero-order chi connectivity index (χ0) is 7.56. The van der Waals surface area contributed by atoms with Crippen molar-refractivity contribution >= 4 is 11.8 Å². The number of Topliss-reactive ketones (excluding diaryl/α,β-unsaturated/α-hetero) is 1. The van der Waals surface area contributed by atoms with E-state index in [9.17, 15) is 9.59 Å². The Balaban J connectivity index is 2.40. The van der Waals surface area contributed by atoms with E-state index in [4.69, 9.17) is 4.74 Å². The van der Waals surface area contributed by atoms with Crippen molar-refractivity contribution in [3.8, 4) is 0 Å². The Labute approximate surface area is 58.7 Å². The van der Waals surface area contributed by atoms with Gasteiger partial charge in [0.05, 0.1) is 0 Å². The molecule has 1 aliphatic rings. The summed E-state index contributed by atoms with van der Waals surface area (Å²) in [4.78, 5) is 20.9. The van der Waals surface area contributed by atoms with Crippen molar-refractivity contribution in [1.82, 2.24) is 0 Å². The van der Waals surface area contributed by atoms with Gasteiger partial charge in [-0.05, 0) is 13.0 Å². The van der Waals surface area contributed by atoms with E-state index in [2.05, 4.69) is 0 Å². The highest BCUT2D eigenvalue weighted by Gasteiger charge is 2.17. The second kappa shape index (κ2) is 2.64. The first-order valence-electron chi connectivity index (χ1n) is 3.07. The number of carbonyl (C=O) groups excluding carboxylic acids is 2. The minimum atomic E-state index is -0.355. The molecule has 0 N–H and O–H groups in total. The maximum atomic E-state index is 10.5. The van der Waals surface area contributed by atoms with Gasteiger partial charge in [-0.25, -0.2) is 4.79 Å². The fraction of sp³-hybridized carbons (Fsp3) is 0.429. The molecule has 54 valence electrons. The standard InChI is InChI=1S/C7H8O3/c1-5(8)4-6-2-3-7(9)10-6/h2-3,6H,4H2,1H3. The van der Waals surface area contributed by atoms with Crippen LogP contribution in [0.2, 0.25) is 0 Å². The molecule has 0 fully saturated rings. The van der Waals surface area contributed by atoms with Crippen LogP contribution in [0.25, 0.3) is 0 Å². The van der Waals surface area contributed by atoms with Crippen LogP contribution in [-0.2, 0) is 14.3 Å². The summed E-state index contributed by atoms with van der Waals surface area (Å²) in [5, 5.41) is 0.